The molecular weight excluding hydrogens is 336 g/mol. The van der Waals surface area contributed by atoms with Crippen LogP contribution in [0.1, 0.15) is 5.76 Å². The van der Waals surface area contributed by atoms with Crippen LogP contribution in [0, 0.1) is 6.92 Å². The highest BCUT2D eigenvalue weighted by Crippen LogP contribution is 2.27. The average molecular weight is 347 g/mol. The van der Waals surface area contributed by atoms with Crippen molar-refractivity contribution in [2.75, 3.05) is 0 Å². The van der Waals surface area contributed by atoms with Crippen molar-refractivity contribution >= 4 is 15.9 Å². The lowest BCUT2D eigenvalue weighted by Crippen LogP contribution is -2.11. The highest BCUT2D eigenvalue weighted by Gasteiger charge is 2.15. The Bertz CT molecular complexity index is 850. The molecule has 0 aliphatic heterocycles. The largest absolute Gasteiger partial charge is 0.493 e. The van der Waals surface area contributed by atoms with Crippen molar-refractivity contribution in [3.05, 3.63) is 57.0 Å². The Labute approximate surface area is 128 Å². The van der Waals surface area contributed by atoms with E-state index in [1.54, 1.807) is 43.3 Å². The summed E-state index contributed by atoms with van der Waals surface area (Å²) in [6, 6.07) is 10.5. The summed E-state index contributed by atoms with van der Waals surface area (Å²) in [4.78, 5) is 18.9. The first-order valence-electron chi connectivity index (χ1n) is 6.20. The molecule has 6 heteroatoms. The lowest BCUT2D eigenvalue weighted by atomic mass is 10.1. The van der Waals surface area contributed by atoms with E-state index in [2.05, 4.69) is 25.9 Å². The Morgan fingerprint density at radius 1 is 1.19 bits per heavy atom. The summed E-state index contributed by atoms with van der Waals surface area (Å²) in [6.45, 7) is 1.79. The lowest BCUT2D eigenvalue weighted by molar-refractivity contribution is 0.452. The fraction of sp³-hybridized carbons (Fsp3) is 0.0667. The van der Waals surface area contributed by atoms with Gasteiger partial charge in [0.1, 0.15) is 11.3 Å². The quantitative estimate of drug-likeness (QED) is 0.744. The molecule has 106 valence electrons. The molecule has 0 atom stereocenters. The molecule has 0 aliphatic rings. The average Bonchev–Trinajstić information content (AvgIpc) is 2.87. The molecule has 0 radical (unpaired) electrons. The summed E-state index contributed by atoms with van der Waals surface area (Å²) in [7, 11) is 0. The predicted molar refractivity (Wildman–Crippen MR) is 82.1 cm³/mol. The molecule has 3 aromatic rings. The zero-order valence-electron chi connectivity index (χ0n) is 11.1. The molecule has 2 aromatic heterocycles. The summed E-state index contributed by atoms with van der Waals surface area (Å²) in [5.41, 5.74) is 0.301. The van der Waals surface area contributed by atoms with Crippen molar-refractivity contribution in [1.29, 1.82) is 0 Å². The van der Waals surface area contributed by atoms with Crippen LogP contribution < -0.4 is 5.56 Å². The number of nitrogens with one attached hydrogen (secondary N) is 1. The number of aromatic nitrogens is 2. The van der Waals surface area contributed by atoms with Gasteiger partial charge in [-0.3, -0.25) is 4.79 Å². The normalized spacial score (nSPS) is 10.8. The van der Waals surface area contributed by atoms with Crippen molar-refractivity contribution in [2.45, 2.75) is 6.92 Å². The summed E-state index contributed by atoms with van der Waals surface area (Å²) in [6.07, 6.45) is 0. The standard InChI is InChI=1S/C15H11BrN2O3/c1-8-2-7-11(21-8)13-17-14(19)12(15(20)18-13)9-3-5-10(16)6-4-9/h2-7H,1H3,(H2,17,18,19,20). The molecule has 1 aromatic carbocycles. The molecule has 0 fully saturated rings. The number of hydrogen-bond acceptors (Lipinski definition) is 4. The summed E-state index contributed by atoms with van der Waals surface area (Å²) in [5.74, 6) is 0.975. The van der Waals surface area contributed by atoms with Crippen molar-refractivity contribution in [3.63, 3.8) is 0 Å². The molecule has 5 nitrogen and oxygen atoms in total. The second-order valence-corrected chi connectivity index (χ2v) is 5.45. The smallest absolute Gasteiger partial charge is 0.263 e. The van der Waals surface area contributed by atoms with Gasteiger partial charge in [0, 0.05) is 4.47 Å². The van der Waals surface area contributed by atoms with Crippen LogP contribution in [0.15, 0.2) is 50.1 Å². The Hall–Kier alpha value is -2.34. The molecule has 0 aliphatic carbocycles. The van der Waals surface area contributed by atoms with E-state index in [9.17, 15) is 9.90 Å². The fourth-order valence-corrected chi connectivity index (χ4v) is 2.28. The van der Waals surface area contributed by atoms with Crippen LogP contribution in [0.25, 0.3) is 22.7 Å². The highest BCUT2D eigenvalue weighted by atomic mass is 79.9. The molecule has 0 bridgehead atoms. The van der Waals surface area contributed by atoms with Crippen LogP contribution in [0.2, 0.25) is 0 Å². The minimum Gasteiger partial charge on any atom is -0.493 e. The van der Waals surface area contributed by atoms with E-state index in [1.165, 1.54) is 0 Å². The molecular formula is C15H11BrN2O3. The van der Waals surface area contributed by atoms with Gasteiger partial charge in [-0.05, 0) is 36.8 Å². The number of rotatable bonds is 2. The second kappa shape index (κ2) is 5.21. The highest BCUT2D eigenvalue weighted by molar-refractivity contribution is 9.10. The lowest BCUT2D eigenvalue weighted by Gasteiger charge is -2.05. The second-order valence-electron chi connectivity index (χ2n) is 4.53. The van der Waals surface area contributed by atoms with Crippen LogP contribution >= 0.6 is 15.9 Å². The number of H-pyrrole nitrogens is 1. The van der Waals surface area contributed by atoms with Gasteiger partial charge in [0.2, 0.25) is 5.88 Å². The monoisotopic (exact) mass is 346 g/mol. The first kappa shape index (κ1) is 13.6. The molecule has 0 amide bonds. The fourth-order valence-electron chi connectivity index (χ4n) is 2.02. The van der Waals surface area contributed by atoms with E-state index in [-0.39, 0.29) is 17.3 Å². The molecule has 0 unspecified atom stereocenters. The van der Waals surface area contributed by atoms with E-state index in [1.807, 2.05) is 0 Å². The number of aryl methyl sites for hydroxylation is 1. The van der Waals surface area contributed by atoms with Gasteiger partial charge in [-0.1, -0.05) is 28.1 Å². The molecule has 0 saturated heterocycles. The minimum atomic E-state index is -0.422. The van der Waals surface area contributed by atoms with Crippen LogP contribution in [0.4, 0.5) is 0 Å². The van der Waals surface area contributed by atoms with E-state index in [0.717, 1.165) is 4.47 Å². The van der Waals surface area contributed by atoms with Gasteiger partial charge in [-0.25, -0.2) is 0 Å². The maximum absolute atomic E-state index is 12.2. The van der Waals surface area contributed by atoms with Gasteiger partial charge in [0.05, 0.1) is 0 Å². The third-order valence-electron chi connectivity index (χ3n) is 3.01. The molecule has 2 N–H and O–H groups in total. The number of aromatic hydroxyl groups is 1. The van der Waals surface area contributed by atoms with Gasteiger partial charge < -0.3 is 14.5 Å². The van der Waals surface area contributed by atoms with Gasteiger partial charge in [0.15, 0.2) is 11.6 Å². The predicted octanol–water partition coefficient (Wildman–Crippen LogP) is 3.47. The Morgan fingerprint density at radius 2 is 1.90 bits per heavy atom. The zero-order chi connectivity index (χ0) is 15.0. The van der Waals surface area contributed by atoms with Crippen molar-refractivity contribution in [2.24, 2.45) is 0 Å². The van der Waals surface area contributed by atoms with Gasteiger partial charge >= 0.3 is 0 Å². The Morgan fingerprint density at radius 3 is 2.48 bits per heavy atom. The number of hydrogen-bond donors (Lipinski definition) is 2. The van der Waals surface area contributed by atoms with E-state index in [4.69, 9.17) is 4.42 Å². The van der Waals surface area contributed by atoms with Crippen LogP contribution in [0.3, 0.4) is 0 Å². The first-order chi connectivity index (χ1) is 10.0. The maximum Gasteiger partial charge on any atom is 0.263 e. The number of nitrogens with zero attached hydrogens (tertiary/aromatic N) is 1. The maximum atomic E-state index is 12.2. The summed E-state index contributed by atoms with van der Waals surface area (Å²) < 4.78 is 6.28. The third kappa shape index (κ3) is 2.62. The number of halogens is 1. The molecule has 0 spiro atoms. The Kier molecular flexibility index (Phi) is 3.39. The number of benzene rings is 1. The third-order valence-corrected chi connectivity index (χ3v) is 3.54. The number of furan rings is 1. The zero-order valence-corrected chi connectivity index (χ0v) is 12.6. The van der Waals surface area contributed by atoms with Crippen molar-refractivity contribution in [3.8, 4) is 28.6 Å². The van der Waals surface area contributed by atoms with Gasteiger partial charge in [-0.2, -0.15) is 4.98 Å². The van der Waals surface area contributed by atoms with Gasteiger partial charge in [-0.15, -0.1) is 0 Å². The number of aromatic amines is 1. The van der Waals surface area contributed by atoms with Crippen molar-refractivity contribution in [1.82, 2.24) is 9.97 Å². The molecule has 21 heavy (non-hydrogen) atoms. The van der Waals surface area contributed by atoms with Crippen LogP contribution in [-0.4, -0.2) is 15.1 Å². The molecule has 3 rings (SSSR count). The van der Waals surface area contributed by atoms with E-state index in [0.29, 0.717) is 17.1 Å². The summed E-state index contributed by atoms with van der Waals surface area (Å²) >= 11 is 3.32. The molecule has 0 saturated carbocycles. The van der Waals surface area contributed by atoms with E-state index < -0.39 is 5.56 Å². The van der Waals surface area contributed by atoms with Crippen LogP contribution in [-0.2, 0) is 0 Å². The SMILES string of the molecule is Cc1ccc(-c2nc(O)c(-c3ccc(Br)cc3)c(=O)[nH]2)o1. The summed E-state index contributed by atoms with van der Waals surface area (Å²) in [5, 5.41) is 10.1. The Balaban J connectivity index is 2.12. The van der Waals surface area contributed by atoms with Crippen LogP contribution in [0.5, 0.6) is 5.88 Å². The molecule has 2 heterocycles. The minimum absolute atomic E-state index is 0.134. The van der Waals surface area contributed by atoms with Gasteiger partial charge in [0.25, 0.3) is 5.56 Å². The topological polar surface area (TPSA) is 79.1 Å². The van der Waals surface area contributed by atoms with Crippen molar-refractivity contribution < 1.29 is 9.52 Å². The first-order valence-corrected chi connectivity index (χ1v) is 7.00. The van der Waals surface area contributed by atoms with E-state index >= 15 is 0 Å².